The average molecular weight is 399 g/mol. The molecule has 0 spiro atoms. The standard InChI is InChI=1S/C21H25N3O5/c1-14-4-7-20(28-3)17(12-14)15(2)22-21(25)16-5-6-18(19(13-16)24(26)27)23-8-10-29-11-9-23/h4-7,12-13,15H,8-11H2,1-3H3,(H,22,25). The van der Waals surface area contributed by atoms with Gasteiger partial charge in [0, 0.05) is 30.3 Å². The van der Waals surface area contributed by atoms with Crippen molar-refractivity contribution >= 4 is 17.3 Å². The Morgan fingerprint density at radius 2 is 1.97 bits per heavy atom. The highest BCUT2D eigenvalue weighted by molar-refractivity contribution is 5.96. The molecular weight excluding hydrogens is 374 g/mol. The minimum atomic E-state index is -0.450. The van der Waals surface area contributed by atoms with E-state index in [4.69, 9.17) is 9.47 Å². The van der Waals surface area contributed by atoms with Gasteiger partial charge in [0.2, 0.25) is 0 Å². The molecule has 2 aromatic carbocycles. The van der Waals surface area contributed by atoms with Gasteiger partial charge in [0.05, 0.1) is 31.3 Å². The third-order valence-electron chi connectivity index (χ3n) is 4.99. The molecule has 0 radical (unpaired) electrons. The van der Waals surface area contributed by atoms with Crippen LogP contribution in [0.3, 0.4) is 0 Å². The first kappa shape index (κ1) is 20.6. The van der Waals surface area contributed by atoms with Gasteiger partial charge in [-0.25, -0.2) is 0 Å². The van der Waals surface area contributed by atoms with Crippen LogP contribution in [0.2, 0.25) is 0 Å². The highest BCUT2D eigenvalue weighted by Crippen LogP contribution is 2.31. The van der Waals surface area contributed by atoms with Gasteiger partial charge in [-0.05, 0) is 32.0 Å². The summed E-state index contributed by atoms with van der Waals surface area (Å²) in [5.41, 5.74) is 2.56. The number of rotatable bonds is 6. The molecule has 0 saturated carbocycles. The fourth-order valence-corrected chi connectivity index (χ4v) is 3.43. The largest absolute Gasteiger partial charge is 0.496 e. The van der Waals surface area contributed by atoms with Gasteiger partial charge in [-0.2, -0.15) is 0 Å². The molecular formula is C21H25N3O5. The maximum absolute atomic E-state index is 12.8. The van der Waals surface area contributed by atoms with E-state index in [1.165, 1.54) is 6.07 Å². The normalized spacial score (nSPS) is 14.9. The van der Waals surface area contributed by atoms with Gasteiger partial charge in [-0.1, -0.05) is 17.7 Å². The number of carbonyl (C=O) groups is 1. The molecule has 1 saturated heterocycles. The predicted octanol–water partition coefficient (Wildman–Crippen LogP) is 3.24. The molecule has 1 fully saturated rings. The second kappa shape index (κ2) is 8.91. The molecule has 1 heterocycles. The Bertz CT molecular complexity index is 909. The molecule has 1 amide bonds. The Morgan fingerprint density at radius 1 is 1.24 bits per heavy atom. The molecule has 1 N–H and O–H groups in total. The highest BCUT2D eigenvalue weighted by atomic mass is 16.6. The van der Waals surface area contributed by atoms with E-state index in [9.17, 15) is 14.9 Å². The number of morpholine rings is 1. The minimum absolute atomic E-state index is 0.0830. The van der Waals surface area contributed by atoms with Crippen LogP contribution in [0.25, 0.3) is 0 Å². The number of benzene rings is 2. The molecule has 3 rings (SSSR count). The number of hydrogen-bond donors (Lipinski definition) is 1. The van der Waals surface area contributed by atoms with Gasteiger partial charge in [0.25, 0.3) is 11.6 Å². The SMILES string of the molecule is COc1ccc(C)cc1C(C)NC(=O)c1ccc(N2CCOCC2)c([N+](=O)[O-])c1. The van der Waals surface area contributed by atoms with E-state index in [1.807, 2.05) is 36.9 Å². The van der Waals surface area contributed by atoms with Gasteiger partial charge in [0.15, 0.2) is 0 Å². The molecule has 8 nitrogen and oxygen atoms in total. The summed E-state index contributed by atoms with van der Waals surface area (Å²) in [6, 6.07) is 10.0. The fraction of sp³-hybridized carbons (Fsp3) is 0.381. The van der Waals surface area contributed by atoms with E-state index < -0.39 is 4.92 Å². The van der Waals surface area contributed by atoms with Crippen LogP contribution in [-0.4, -0.2) is 44.2 Å². The van der Waals surface area contributed by atoms with Crippen LogP contribution >= 0.6 is 0 Å². The predicted molar refractivity (Wildman–Crippen MR) is 110 cm³/mol. The molecule has 29 heavy (non-hydrogen) atoms. The first-order valence-electron chi connectivity index (χ1n) is 9.47. The summed E-state index contributed by atoms with van der Waals surface area (Å²) in [4.78, 5) is 25.8. The van der Waals surface area contributed by atoms with Gasteiger partial charge < -0.3 is 19.7 Å². The molecule has 0 aromatic heterocycles. The average Bonchev–Trinajstić information content (AvgIpc) is 2.73. The monoisotopic (exact) mass is 399 g/mol. The summed E-state index contributed by atoms with van der Waals surface area (Å²) in [5.74, 6) is 0.301. The molecule has 2 aromatic rings. The lowest BCUT2D eigenvalue weighted by atomic mass is 10.0. The number of carbonyl (C=O) groups excluding carboxylic acids is 1. The number of anilines is 1. The summed E-state index contributed by atoms with van der Waals surface area (Å²) >= 11 is 0. The second-order valence-electron chi connectivity index (χ2n) is 7.00. The first-order valence-corrected chi connectivity index (χ1v) is 9.47. The Labute approximate surface area is 169 Å². The Morgan fingerprint density at radius 3 is 2.62 bits per heavy atom. The number of nitrogens with one attached hydrogen (secondary N) is 1. The molecule has 1 atom stereocenters. The van der Waals surface area contributed by atoms with E-state index in [2.05, 4.69) is 5.32 Å². The lowest BCUT2D eigenvalue weighted by molar-refractivity contribution is -0.384. The topological polar surface area (TPSA) is 93.9 Å². The van der Waals surface area contributed by atoms with Crippen molar-refractivity contribution in [3.8, 4) is 5.75 Å². The van der Waals surface area contributed by atoms with Gasteiger partial charge in [-0.3, -0.25) is 14.9 Å². The number of ether oxygens (including phenoxy) is 2. The zero-order valence-corrected chi connectivity index (χ0v) is 16.8. The van der Waals surface area contributed by atoms with Gasteiger partial charge in [-0.15, -0.1) is 0 Å². The van der Waals surface area contributed by atoms with Crippen molar-refractivity contribution in [2.24, 2.45) is 0 Å². The highest BCUT2D eigenvalue weighted by Gasteiger charge is 2.24. The van der Waals surface area contributed by atoms with E-state index in [-0.39, 0.29) is 23.2 Å². The van der Waals surface area contributed by atoms with Crippen molar-refractivity contribution in [3.05, 3.63) is 63.2 Å². The minimum Gasteiger partial charge on any atom is -0.496 e. The van der Waals surface area contributed by atoms with E-state index in [1.54, 1.807) is 19.2 Å². The van der Waals surface area contributed by atoms with Gasteiger partial charge >= 0.3 is 0 Å². The number of nitro benzene ring substituents is 1. The first-order chi connectivity index (χ1) is 13.9. The van der Waals surface area contributed by atoms with Crippen molar-refractivity contribution in [2.75, 3.05) is 38.3 Å². The van der Waals surface area contributed by atoms with Crippen LogP contribution in [-0.2, 0) is 4.74 Å². The molecule has 1 aliphatic heterocycles. The fourth-order valence-electron chi connectivity index (χ4n) is 3.43. The number of hydrogen-bond acceptors (Lipinski definition) is 6. The van der Waals surface area contributed by atoms with Crippen molar-refractivity contribution in [3.63, 3.8) is 0 Å². The maximum Gasteiger partial charge on any atom is 0.293 e. The van der Waals surface area contributed by atoms with Crippen molar-refractivity contribution in [1.29, 1.82) is 0 Å². The molecule has 1 aliphatic rings. The number of nitro groups is 1. The molecule has 154 valence electrons. The van der Waals surface area contributed by atoms with Crippen molar-refractivity contribution < 1.29 is 19.2 Å². The third-order valence-corrected chi connectivity index (χ3v) is 4.99. The lowest BCUT2D eigenvalue weighted by Gasteiger charge is -2.28. The van der Waals surface area contributed by atoms with E-state index >= 15 is 0 Å². The summed E-state index contributed by atoms with van der Waals surface area (Å²) in [5, 5.41) is 14.5. The zero-order chi connectivity index (χ0) is 21.0. The van der Waals surface area contributed by atoms with Crippen LogP contribution in [0.5, 0.6) is 5.75 Å². The van der Waals surface area contributed by atoms with Crippen molar-refractivity contribution in [1.82, 2.24) is 5.32 Å². The Hall–Kier alpha value is -3.13. The van der Waals surface area contributed by atoms with E-state index in [0.29, 0.717) is 37.7 Å². The van der Waals surface area contributed by atoms with Crippen LogP contribution in [0, 0.1) is 17.0 Å². The number of nitrogens with zero attached hydrogens (tertiary/aromatic N) is 2. The van der Waals surface area contributed by atoms with Crippen LogP contribution in [0.4, 0.5) is 11.4 Å². The Kier molecular flexibility index (Phi) is 6.33. The van der Waals surface area contributed by atoms with Crippen LogP contribution in [0.1, 0.15) is 34.5 Å². The third kappa shape index (κ3) is 4.65. The van der Waals surface area contributed by atoms with E-state index in [0.717, 1.165) is 11.1 Å². The van der Waals surface area contributed by atoms with Crippen molar-refractivity contribution in [2.45, 2.75) is 19.9 Å². The van der Waals surface area contributed by atoms with Crippen LogP contribution < -0.4 is 15.0 Å². The van der Waals surface area contributed by atoms with Crippen LogP contribution in [0.15, 0.2) is 36.4 Å². The second-order valence-corrected chi connectivity index (χ2v) is 7.00. The summed E-state index contributed by atoms with van der Waals surface area (Å²) in [7, 11) is 1.58. The Balaban J connectivity index is 1.83. The number of amides is 1. The lowest BCUT2D eigenvalue weighted by Crippen LogP contribution is -2.36. The molecule has 0 bridgehead atoms. The quantitative estimate of drug-likeness (QED) is 0.592. The number of aryl methyl sites for hydroxylation is 1. The molecule has 1 unspecified atom stereocenters. The summed E-state index contributed by atoms with van der Waals surface area (Å²) in [6.07, 6.45) is 0. The maximum atomic E-state index is 12.8. The molecule has 8 heteroatoms. The zero-order valence-electron chi connectivity index (χ0n) is 16.8. The smallest absolute Gasteiger partial charge is 0.293 e. The number of methoxy groups -OCH3 is 1. The summed E-state index contributed by atoms with van der Waals surface area (Å²) < 4.78 is 10.7. The molecule has 0 aliphatic carbocycles. The van der Waals surface area contributed by atoms with Gasteiger partial charge in [0.1, 0.15) is 11.4 Å². The summed E-state index contributed by atoms with van der Waals surface area (Å²) in [6.45, 7) is 6.02.